The molecule has 1 aliphatic heterocycles. The van der Waals surface area contributed by atoms with Gasteiger partial charge in [-0.15, -0.1) is 0 Å². The van der Waals surface area contributed by atoms with Gasteiger partial charge in [0.15, 0.2) is 0 Å². The minimum atomic E-state index is 0. The van der Waals surface area contributed by atoms with E-state index in [-0.39, 0.29) is 25.6 Å². The van der Waals surface area contributed by atoms with E-state index in [1.54, 1.807) is 0 Å². The Hall–Kier alpha value is -1.14. The summed E-state index contributed by atoms with van der Waals surface area (Å²) in [5.74, 6) is 0.0737. The second-order valence-electron chi connectivity index (χ2n) is 20.3. The van der Waals surface area contributed by atoms with Crippen LogP contribution < -0.4 is 5.32 Å². The first-order valence-corrected chi connectivity index (χ1v) is 27.7. The van der Waals surface area contributed by atoms with Gasteiger partial charge < -0.3 is 19.5 Å². The van der Waals surface area contributed by atoms with Crippen molar-refractivity contribution >= 4 is 11.9 Å². The zero-order valence-corrected chi connectivity index (χ0v) is 41.5. The van der Waals surface area contributed by atoms with Gasteiger partial charge in [0, 0.05) is 31.8 Å². The number of unbranched alkanes of at least 4 members (excludes halogenated alkanes) is 26. The number of hydrogen-bond acceptors (Lipinski definition) is 6. The minimum Gasteiger partial charge on any atom is -0.462 e. The van der Waals surface area contributed by atoms with Gasteiger partial charge in [-0.05, 0) is 89.9 Å². The molecule has 61 heavy (non-hydrogen) atoms. The molecule has 1 N–H and O–H groups in total. The minimum absolute atomic E-state index is 0. The number of hydrogen-bond donors (Lipinski definition) is 1. The predicted octanol–water partition coefficient (Wildman–Crippen LogP) is 16.9. The summed E-state index contributed by atoms with van der Waals surface area (Å²) in [6.07, 6.45) is 50.4. The second kappa shape index (κ2) is 39.2. The Morgan fingerprint density at radius 2 is 0.754 bits per heavy atom. The fourth-order valence-electron chi connectivity index (χ4n) is 10.0. The van der Waals surface area contributed by atoms with Crippen molar-refractivity contribution < 1.29 is 25.2 Å². The van der Waals surface area contributed by atoms with Crippen molar-refractivity contribution in [1.29, 1.82) is 0 Å². The van der Waals surface area contributed by atoms with Crippen LogP contribution in [0.2, 0.25) is 0 Å². The Labute approximate surface area is 381 Å². The maximum Gasteiger partial charge on any atom is 0.306 e. The fraction of sp³-hybridized carbons (Fsp3) is 0.964. The predicted molar refractivity (Wildman–Crippen MR) is 262 cm³/mol. The van der Waals surface area contributed by atoms with Crippen LogP contribution in [0.15, 0.2) is 0 Å². The molecule has 1 saturated heterocycles. The van der Waals surface area contributed by atoms with Crippen LogP contribution in [0.5, 0.6) is 0 Å². The van der Waals surface area contributed by atoms with Crippen LogP contribution in [-0.4, -0.2) is 49.4 Å². The van der Waals surface area contributed by atoms with Gasteiger partial charge in [0.1, 0.15) is 12.2 Å². The average Bonchev–Trinajstić information content (AvgIpc) is 3.22. The maximum atomic E-state index is 12.9. The zero-order chi connectivity index (χ0) is 43.9. The molecule has 0 unspecified atom stereocenters. The van der Waals surface area contributed by atoms with Gasteiger partial charge in [-0.1, -0.05) is 195 Å². The normalized spacial score (nSPS) is 14.9. The summed E-state index contributed by atoms with van der Waals surface area (Å²) in [6, 6.07) is 1.20. The first kappa shape index (κ1) is 56.0. The molecule has 1 aliphatic carbocycles. The molecular formula is C55H107NO5. The zero-order valence-electron chi connectivity index (χ0n) is 41.5. The van der Waals surface area contributed by atoms with Crippen molar-refractivity contribution in [3.63, 3.8) is 0 Å². The molecule has 2 rings (SSSR count). The maximum absolute atomic E-state index is 12.9. The monoisotopic (exact) mass is 862 g/mol. The summed E-state index contributed by atoms with van der Waals surface area (Å²) in [7, 11) is 0. The van der Waals surface area contributed by atoms with Gasteiger partial charge in [0.2, 0.25) is 0 Å². The van der Waals surface area contributed by atoms with Crippen LogP contribution in [0, 0.1) is 5.41 Å². The van der Waals surface area contributed by atoms with Crippen molar-refractivity contribution in [2.75, 3.05) is 13.2 Å². The quantitative estimate of drug-likeness (QED) is 0.0485. The molecular weight excluding hydrogens is 755 g/mol. The van der Waals surface area contributed by atoms with Crippen LogP contribution in [-0.2, 0) is 23.8 Å². The third-order valence-electron chi connectivity index (χ3n) is 14.1. The molecule has 362 valence electrons. The molecule has 0 aromatic carbocycles. The van der Waals surface area contributed by atoms with Gasteiger partial charge in [-0.25, -0.2) is 0 Å². The van der Waals surface area contributed by atoms with Crippen LogP contribution in [0.3, 0.4) is 0 Å². The van der Waals surface area contributed by atoms with E-state index >= 15 is 0 Å². The molecule has 1 heterocycles. The number of carbonyl (C=O) groups excluding carboxylic acids is 2. The third-order valence-corrected chi connectivity index (χ3v) is 14.1. The van der Waals surface area contributed by atoms with Crippen molar-refractivity contribution in [2.45, 2.75) is 322 Å². The van der Waals surface area contributed by atoms with E-state index in [0.29, 0.717) is 30.3 Å². The molecule has 0 aromatic heterocycles. The number of ether oxygens (including phenoxy) is 3. The van der Waals surface area contributed by atoms with Gasteiger partial charge in [0.25, 0.3) is 0 Å². The Kier molecular flexibility index (Phi) is 36.0. The van der Waals surface area contributed by atoms with Gasteiger partial charge >= 0.3 is 11.9 Å². The van der Waals surface area contributed by atoms with Crippen molar-refractivity contribution in [2.24, 2.45) is 5.41 Å². The molecule has 2 fully saturated rings. The van der Waals surface area contributed by atoms with Gasteiger partial charge in [0.05, 0.1) is 13.2 Å². The summed E-state index contributed by atoms with van der Waals surface area (Å²) in [5.41, 5.74) is 0.482. The largest absolute Gasteiger partial charge is 0.462 e. The van der Waals surface area contributed by atoms with E-state index < -0.39 is 0 Å². The van der Waals surface area contributed by atoms with Crippen LogP contribution >= 0.6 is 0 Å². The van der Waals surface area contributed by atoms with Gasteiger partial charge in [-0.2, -0.15) is 0 Å². The van der Waals surface area contributed by atoms with Crippen LogP contribution in [0.4, 0.5) is 0 Å². The van der Waals surface area contributed by atoms with E-state index in [0.717, 1.165) is 64.6 Å². The molecule has 2 aliphatic rings. The first-order valence-electron chi connectivity index (χ1n) is 27.7. The molecule has 0 radical (unpaired) electrons. The summed E-state index contributed by atoms with van der Waals surface area (Å²) >= 11 is 0. The van der Waals surface area contributed by atoms with E-state index in [9.17, 15) is 9.59 Å². The Balaban J connectivity index is 0.0000192. The highest BCUT2D eigenvalue weighted by Crippen LogP contribution is 2.47. The lowest BCUT2D eigenvalue weighted by Crippen LogP contribution is -2.60. The van der Waals surface area contributed by atoms with Crippen LogP contribution in [0.1, 0.15) is 299 Å². The standard InChI is InChI=1S/C55H105NO5.H2/c1-5-9-13-17-21-31-39-51(40-32-22-18-14-10-6-2)60-53(57)43-35-27-25-29-37-49(56-50-45-55(46-50)47-59-48-55)38-30-26-28-36-44-54(58)61-52(41-33-23-19-15-11-7-3)42-34-24-20-16-12-8-4;/h49-52,56H,5-48H2,1-4H3;1H. The molecule has 6 nitrogen and oxygen atoms in total. The number of nitrogens with one attached hydrogen (secondary N) is 1. The summed E-state index contributed by atoms with van der Waals surface area (Å²) in [5, 5.41) is 4.06. The summed E-state index contributed by atoms with van der Waals surface area (Å²) in [4.78, 5) is 25.9. The smallest absolute Gasteiger partial charge is 0.306 e. The third kappa shape index (κ3) is 30.6. The SMILES string of the molecule is CCCCCCCCC(CCCCCCCC)OC(=O)CCCCCCC(CCCCCCC(=O)OC(CCCCCCCC)CCCCCCCC)NC1CC2(COC2)C1.[HH]. The molecule has 1 saturated carbocycles. The molecule has 6 heteroatoms. The summed E-state index contributed by atoms with van der Waals surface area (Å²) in [6.45, 7) is 11.0. The van der Waals surface area contributed by atoms with E-state index in [1.807, 2.05) is 0 Å². The highest BCUT2D eigenvalue weighted by atomic mass is 16.5. The highest BCUT2D eigenvalue weighted by molar-refractivity contribution is 5.69. The van der Waals surface area contributed by atoms with Gasteiger partial charge in [-0.3, -0.25) is 9.59 Å². The first-order chi connectivity index (χ1) is 29.9. The van der Waals surface area contributed by atoms with E-state index in [4.69, 9.17) is 14.2 Å². The Bertz CT molecular complexity index is 904. The lowest BCUT2D eigenvalue weighted by molar-refractivity contribution is -0.168. The second-order valence-corrected chi connectivity index (χ2v) is 20.3. The Morgan fingerprint density at radius 1 is 0.459 bits per heavy atom. The van der Waals surface area contributed by atoms with Crippen molar-refractivity contribution in [3.8, 4) is 0 Å². The average molecular weight is 862 g/mol. The van der Waals surface area contributed by atoms with E-state index in [2.05, 4.69) is 33.0 Å². The van der Waals surface area contributed by atoms with E-state index in [1.165, 1.54) is 205 Å². The van der Waals surface area contributed by atoms with Crippen molar-refractivity contribution in [3.05, 3.63) is 0 Å². The summed E-state index contributed by atoms with van der Waals surface area (Å²) < 4.78 is 17.8. The molecule has 1 spiro atoms. The molecule has 0 aromatic rings. The van der Waals surface area contributed by atoms with Crippen LogP contribution in [0.25, 0.3) is 0 Å². The number of esters is 2. The topological polar surface area (TPSA) is 73.9 Å². The lowest BCUT2D eigenvalue weighted by Gasteiger charge is -2.54. The molecule has 0 amide bonds. The number of carbonyl (C=O) groups is 2. The van der Waals surface area contributed by atoms with Crippen molar-refractivity contribution in [1.82, 2.24) is 5.32 Å². The Morgan fingerprint density at radius 3 is 1.07 bits per heavy atom. The molecule has 0 bridgehead atoms. The lowest BCUT2D eigenvalue weighted by atomic mass is 9.64. The number of rotatable bonds is 46. The highest BCUT2D eigenvalue weighted by Gasteiger charge is 2.49. The molecule has 0 atom stereocenters. The fourth-order valence-corrected chi connectivity index (χ4v) is 10.0.